The largest absolute Gasteiger partial charge is 0.346 e. The first kappa shape index (κ1) is 16.6. The Hall–Kier alpha value is -1.47. The molecule has 0 unspecified atom stereocenters. The van der Waals surface area contributed by atoms with Crippen LogP contribution in [0.3, 0.4) is 0 Å². The van der Waals surface area contributed by atoms with Crippen molar-refractivity contribution in [1.82, 2.24) is 10.3 Å². The molecule has 0 bridgehead atoms. The summed E-state index contributed by atoms with van der Waals surface area (Å²) in [6, 6.07) is -0.602. The van der Waals surface area contributed by atoms with Crippen molar-refractivity contribution in [1.29, 1.82) is 0 Å². The zero-order valence-electron chi connectivity index (χ0n) is 12.3. The minimum atomic E-state index is -0.602. The molecule has 1 rings (SSSR count). The molecule has 2 amide bonds. The summed E-state index contributed by atoms with van der Waals surface area (Å²) in [6.45, 7) is 7.68. The molecular formula is C13H22N4O2S. The molecule has 0 aliphatic heterocycles. The smallest absolute Gasteiger partial charge is 0.245 e. The van der Waals surface area contributed by atoms with Crippen molar-refractivity contribution in [2.24, 2.45) is 11.7 Å². The Balaban J connectivity index is 2.42. The molecule has 112 valence electrons. The summed E-state index contributed by atoms with van der Waals surface area (Å²) in [5.74, 6) is -0.276. The summed E-state index contributed by atoms with van der Waals surface area (Å²) < 4.78 is 0. The molecule has 1 aromatic heterocycles. The predicted octanol–water partition coefficient (Wildman–Crippen LogP) is 1.30. The van der Waals surface area contributed by atoms with E-state index >= 15 is 0 Å². The van der Waals surface area contributed by atoms with E-state index < -0.39 is 6.04 Å². The van der Waals surface area contributed by atoms with Crippen LogP contribution >= 0.6 is 11.3 Å². The normalized spacial score (nSPS) is 12.6. The minimum absolute atomic E-state index is 0.0330. The molecule has 0 aliphatic carbocycles. The number of carbonyl (C=O) groups is 2. The monoisotopic (exact) mass is 298 g/mol. The number of hydrogen-bond donors (Lipinski definition) is 3. The van der Waals surface area contributed by atoms with Gasteiger partial charge in [0.1, 0.15) is 0 Å². The Labute approximate surface area is 123 Å². The molecule has 0 radical (unpaired) electrons. The lowest BCUT2D eigenvalue weighted by atomic mass is 10.1. The third-order valence-electron chi connectivity index (χ3n) is 2.80. The molecule has 6 nitrogen and oxygen atoms in total. The Morgan fingerprint density at radius 2 is 2.00 bits per heavy atom. The highest BCUT2D eigenvalue weighted by Crippen LogP contribution is 2.21. The van der Waals surface area contributed by atoms with Gasteiger partial charge in [0.15, 0.2) is 5.13 Å². The molecule has 0 saturated carbocycles. The van der Waals surface area contributed by atoms with Crippen molar-refractivity contribution in [3.05, 3.63) is 11.1 Å². The van der Waals surface area contributed by atoms with Crippen LogP contribution in [0, 0.1) is 5.92 Å². The van der Waals surface area contributed by atoms with Gasteiger partial charge in [0, 0.05) is 5.38 Å². The van der Waals surface area contributed by atoms with Crippen LogP contribution in [0.15, 0.2) is 5.38 Å². The van der Waals surface area contributed by atoms with Crippen LogP contribution in [0.4, 0.5) is 5.13 Å². The summed E-state index contributed by atoms with van der Waals surface area (Å²) in [7, 11) is 0. The number of carbonyl (C=O) groups excluding carboxylic acids is 2. The molecule has 20 heavy (non-hydrogen) atoms. The molecule has 1 atom stereocenters. The summed E-state index contributed by atoms with van der Waals surface area (Å²) in [6.07, 6.45) is 0. The van der Waals surface area contributed by atoms with Crippen LogP contribution in [0.5, 0.6) is 0 Å². The summed E-state index contributed by atoms with van der Waals surface area (Å²) >= 11 is 1.37. The van der Waals surface area contributed by atoms with Gasteiger partial charge in [-0.05, 0) is 11.8 Å². The van der Waals surface area contributed by atoms with E-state index in [1.807, 2.05) is 33.1 Å². The van der Waals surface area contributed by atoms with E-state index in [2.05, 4.69) is 15.6 Å². The second-order valence-electron chi connectivity index (χ2n) is 5.27. The first-order chi connectivity index (χ1) is 9.31. The van der Waals surface area contributed by atoms with Gasteiger partial charge < -0.3 is 16.4 Å². The van der Waals surface area contributed by atoms with Crippen molar-refractivity contribution >= 4 is 28.3 Å². The lowest BCUT2D eigenvalue weighted by molar-refractivity contribution is -0.125. The number of nitrogens with two attached hydrogens (primary N) is 1. The van der Waals surface area contributed by atoms with Gasteiger partial charge in [0.2, 0.25) is 11.8 Å². The van der Waals surface area contributed by atoms with Gasteiger partial charge in [-0.25, -0.2) is 4.98 Å². The number of thiazole rings is 1. The number of nitrogens with one attached hydrogen (secondary N) is 2. The summed E-state index contributed by atoms with van der Waals surface area (Å²) in [5.41, 5.74) is 6.62. The highest BCUT2D eigenvalue weighted by atomic mass is 32.1. The molecule has 0 aromatic carbocycles. The lowest BCUT2D eigenvalue weighted by Crippen LogP contribution is -2.46. The summed E-state index contributed by atoms with van der Waals surface area (Å²) in [5, 5.41) is 7.62. The van der Waals surface area contributed by atoms with Crippen molar-refractivity contribution < 1.29 is 9.59 Å². The van der Waals surface area contributed by atoms with Gasteiger partial charge in [-0.3, -0.25) is 9.59 Å². The number of amides is 2. The van der Waals surface area contributed by atoms with Gasteiger partial charge in [-0.1, -0.05) is 27.7 Å². The number of aromatic nitrogens is 1. The van der Waals surface area contributed by atoms with Crippen LogP contribution < -0.4 is 16.4 Å². The predicted molar refractivity (Wildman–Crippen MR) is 80.7 cm³/mol. The molecule has 7 heteroatoms. The quantitative estimate of drug-likeness (QED) is 0.737. The van der Waals surface area contributed by atoms with E-state index in [-0.39, 0.29) is 24.3 Å². The maximum atomic E-state index is 11.7. The average Bonchev–Trinajstić information content (AvgIpc) is 2.83. The van der Waals surface area contributed by atoms with E-state index in [0.717, 1.165) is 5.69 Å². The lowest BCUT2D eigenvalue weighted by Gasteiger charge is -2.14. The zero-order chi connectivity index (χ0) is 15.3. The SMILES string of the molecule is CC(C)c1csc(NC(=O)CNC(=O)[C@@H](N)C(C)C)n1. The molecule has 4 N–H and O–H groups in total. The van der Waals surface area contributed by atoms with Gasteiger partial charge >= 0.3 is 0 Å². The Bertz CT molecular complexity index is 471. The number of hydrogen-bond acceptors (Lipinski definition) is 5. The van der Waals surface area contributed by atoms with E-state index in [1.165, 1.54) is 11.3 Å². The second-order valence-corrected chi connectivity index (χ2v) is 6.13. The molecule has 1 heterocycles. The fourth-order valence-corrected chi connectivity index (χ4v) is 2.25. The number of nitrogens with zero attached hydrogens (tertiary/aromatic N) is 1. The highest BCUT2D eigenvalue weighted by molar-refractivity contribution is 7.13. The molecular weight excluding hydrogens is 276 g/mol. The number of rotatable bonds is 6. The third-order valence-corrected chi connectivity index (χ3v) is 3.58. The molecule has 0 saturated heterocycles. The van der Waals surface area contributed by atoms with Crippen molar-refractivity contribution in [2.75, 3.05) is 11.9 Å². The van der Waals surface area contributed by atoms with E-state index in [1.54, 1.807) is 0 Å². The maximum absolute atomic E-state index is 11.7. The van der Waals surface area contributed by atoms with Gasteiger partial charge in [-0.15, -0.1) is 11.3 Å². The minimum Gasteiger partial charge on any atom is -0.346 e. The average molecular weight is 298 g/mol. The first-order valence-electron chi connectivity index (χ1n) is 6.59. The van der Waals surface area contributed by atoms with Gasteiger partial charge in [0.05, 0.1) is 18.3 Å². The molecule has 0 fully saturated rings. The Kier molecular flexibility index (Phi) is 6.09. The van der Waals surface area contributed by atoms with Crippen molar-refractivity contribution in [3.8, 4) is 0 Å². The Morgan fingerprint density at radius 1 is 1.35 bits per heavy atom. The van der Waals surface area contributed by atoms with Crippen LogP contribution in [0.1, 0.15) is 39.3 Å². The van der Waals surface area contributed by atoms with Gasteiger partial charge in [-0.2, -0.15) is 0 Å². The zero-order valence-corrected chi connectivity index (χ0v) is 13.1. The molecule has 1 aromatic rings. The van der Waals surface area contributed by atoms with Crippen LogP contribution in [0.2, 0.25) is 0 Å². The topological polar surface area (TPSA) is 97.1 Å². The van der Waals surface area contributed by atoms with E-state index in [4.69, 9.17) is 5.73 Å². The maximum Gasteiger partial charge on any atom is 0.245 e. The van der Waals surface area contributed by atoms with Crippen molar-refractivity contribution in [3.63, 3.8) is 0 Å². The fourth-order valence-electron chi connectivity index (χ4n) is 1.36. The van der Waals surface area contributed by atoms with Gasteiger partial charge in [0.25, 0.3) is 0 Å². The standard InChI is InChI=1S/C13H22N4O2S/c1-7(2)9-6-20-13(16-9)17-10(18)5-15-12(19)11(14)8(3)4/h6-8,11H,5,14H2,1-4H3,(H,15,19)(H,16,17,18)/t11-/m0/s1. The second kappa shape index (κ2) is 7.35. The third kappa shape index (κ3) is 4.90. The first-order valence-corrected chi connectivity index (χ1v) is 7.47. The number of anilines is 1. The highest BCUT2D eigenvalue weighted by Gasteiger charge is 2.17. The van der Waals surface area contributed by atoms with E-state index in [9.17, 15) is 9.59 Å². The van der Waals surface area contributed by atoms with Crippen molar-refractivity contribution in [2.45, 2.75) is 39.7 Å². The van der Waals surface area contributed by atoms with Crippen LogP contribution in [0.25, 0.3) is 0 Å². The van der Waals surface area contributed by atoms with Crippen LogP contribution in [-0.2, 0) is 9.59 Å². The van der Waals surface area contributed by atoms with Crippen LogP contribution in [-0.4, -0.2) is 29.4 Å². The molecule has 0 aliphatic rings. The Morgan fingerprint density at radius 3 is 2.50 bits per heavy atom. The summed E-state index contributed by atoms with van der Waals surface area (Å²) in [4.78, 5) is 27.6. The van der Waals surface area contributed by atoms with E-state index in [0.29, 0.717) is 11.0 Å². The molecule has 0 spiro atoms. The fraction of sp³-hybridized carbons (Fsp3) is 0.615.